The second-order valence-electron chi connectivity index (χ2n) is 5.15. The summed E-state index contributed by atoms with van der Waals surface area (Å²) in [6.45, 7) is 2.43. The summed E-state index contributed by atoms with van der Waals surface area (Å²) >= 11 is 0. The van der Waals surface area contributed by atoms with Crippen molar-refractivity contribution in [3.63, 3.8) is 0 Å². The van der Waals surface area contributed by atoms with Crippen LogP contribution in [0.3, 0.4) is 0 Å². The number of aromatic nitrogens is 2. The van der Waals surface area contributed by atoms with E-state index in [1.54, 1.807) is 4.68 Å². The summed E-state index contributed by atoms with van der Waals surface area (Å²) < 4.78 is 1.71. The minimum Gasteiger partial charge on any atom is -0.476 e. The Morgan fingerprint density at radius 2 is 2.10 bits per heavy atom. The van der Waals surface area contributed by atoms with Crippen molar-refractivity contribution in [1.82, 2.24) is 14.7 Å². The summed E-state index contributed by atoms with van der Waals surface area (Å²) in [5.74, 6) is -0.941. The number of hydrogen-bond donors (Lipinski definition) is 1. The molecule has 0 unspecified atom stereocenters. The molecule has 0 amide bonds. The lowest BCUT2D eigenvalue weighted by atomic mass is 10.0. The molecule has 2 heterocycles. The summed E-state index contributed by atoms with van der Waals surface area (Å²) in [7, 11) is 1.82. The van der Waals surface area contributed by atoms with Crippen LogP contribution in [0.4, 0.5) is 0 Å². The number of aryl methyl sites for hydroxylation is 1. The maximum atomic E-state index is 11.3. The highest BCUT2D eigenvalue weighted by molar-refractivity contribution is 5.87. The van der Waals surface area contributed by atoms with E-state index in [9.17, 15) is 9.90 Å². The third-order valence-corrected chi connectivity index (χ3v) is 3.77. The zero-order valence-corrected chi connectivity index (χ0v) is 11.4. The Morgan fingerprint density at radius 3 is 2.80 bits per heavy atom. The minimum absolute atomic E-state index is 0.195. The molecule has 0 fully saturated rings. The van der Waals surface area contributed by atoms with Crippen LogP contribution in [-0.2, 0) is 26.6 Å². The Balaban J connectivity index is 1.83. The molecule has 5 heteroatoms. The van der Waals surface area contributed by atoms with Crippen molar-refractivity contribution in [2.45, 2.75) is 19.5 Å². The molecule has 0 radical (unpaired) electrons. The molecule has 1 aliphatic heterocycles. The van der Waals surface area contributed by atoms with E-state index >= 15 is 0 Å². The maximum absolute atomic E-state index is 11.3. The molecule has 1 N–H and O–H groups in total. The van der Waals surface area contributed by atoms with E-state index in [2.05, 4.69) is 22.1 Å². The largest absolute Gasteiger partial charge is 0.476 e. The van der Waals surface area contributed by atoms with E-state index < -0.39 is 5.97 Å². The van der Waals surface area contributed by atoms with Gasteiger partial charge in [-0.05, 0) is 5.56 Å². The summed E-state index contributed by atoms with van der Waals surface area (Å²) in [4.78, 5) is 13.5. The van der Waals surface area contributed by atoms with E-state index in [0.29, 0.717) is 6.54 Å². The molecule has 20 heavy (non-hydrogen) atoms. The molecule has 3 rings (SSSR count). The van der Waals surface area contributed by atoms with Gasteiger partial charge in [-0.3, -0.25) is 9.58 Å². The minimum atomic E-state index is -0.941. The average Bonchev–Trinajstić information content (AvgIpc) is 2.77. The Bertz CT molecular complexity index is 634. The van der Waals surface area contributed by atoms with Crippen molar-refractivity contribution >= 4 is 5.97 Å². The zero-order chi connectivity index (χ0) is 14.1. The number of rotatable bonds is 3. The molecular formula is C15H17N3O2. The second-order valence-corrected chi connectivity index (χ2v) is 5.15. The number of fused-ring (bicyclic) bond motifs is 1. The molecule has 104 valence electrons. The van der Waals surface area contributed by atoms with Crippen LogP contribution in [0.25, 0.3) is 0 Å². The number of carbonyl (C=O) groups is 1. The van der Waals surface area contributed by atoms with Crippen molar-refractivity contribution < 1.29 is 9.90 Å². The van der Waals surface area contributed by atoms with Crippen LogP contribution in [0.1, 0.15) is 27.3 Å². The second kappa shape index (κ2) is 5.09. The molecule has 0 saturated carbocycles. The lowest BCUT2D eigenvalue weighted by Crippen LogP contribution is -2.31. The predicted molar refractivity (Wildman–Crippen MR) is 74.4 cm³/mol. The first-order valence-electron chi connectivity index (χ1n) is 6.69. The molecule has 1 aromatic heterocycles. The van der Waals surface area contributed by atoms with Crippen molar-refractivity contribution in [3.8, 4) is 0 Å². The fraction of sp³-hybridized carbons (Fsp3) is 0.333. The van der Waals surface area contributed by atoms with Crippen molar-refractivity contribution in [2.24, 2.45) is 7.05 Å². The molecule has 1 aromatic carbocycles. The van der Waals surface area contributed by atoms with Crippen LogP contribution in [-0.4, -0.2) is 32.3 Å². The Kier molecular flexibility index (Phi) is 3.28. The van der Waals surface area contributed by atoms with E-state index in [1.807, 2.05) is 25.2 Å². The number of aromatic carboxylic acids is 1. The standard InChI is InChI=1S/C15H17N3O2/c1-17-13-7-8-18(9-11-5-3-2-4-6-11)10-12(13)14(16-17)15(19)20/h2-6H,7-10H2,1H3,(H,19,20). The van der Waals surface area contributed by atoms with Gasteiger partial charge in [-0.1, -0.05) is 30.3 Å². The maximum Gasteiger partial charge on any atom is 0.356 e. The van der Waals surface area contributed by atoms with Crippen LogP contribution in [0.5, 0.6) is 0 Å². The van der Waals surface area contributed by atoms with Gasteiger partial charge >= 0.3 is 5.97 Å². The monoisotopic (exact) mass is 271 g/mol. The fourth-order valence-corrected chi connectivity index (χ4v) is 2.80. The molecule has 0 atom stereocenters. The van der Waals surface area contributed by atoms with Crippen molar-refractivity contribution in [3.05, 3.63) is 52.8 Å². The zero-order valence-electron chi connectivity index (χ0n) is 11.4. The number of carboxylic acids is 1. The average molecular weight is 271 g/mol. The quantitative estimate of drug-likeness (QED) is 0.922. The first kappa shape index (κ1) is 12.9. The van der Waals surface area contributed by atoms with Crippen LogP contribution in [0, 0.1) is 0 Å². The fourth-order valence-electron chi connectivity index (χ4n) is 2.80. The molecule has 1 aliphatic rings. The summed E-state index contributed by atoms with van der Waals surface area (Å²) in [5.41, 5.74) is 3.35. The Labute approximate surface area is 117 Å². The third-order valence-electron chi connectivity index (χ3n) is 3.77. The van der Waals surface area contributed by atoms with Crippen LogP contribution in [0.2, 0.25) is 0 Å². The van der Waals surface area contributed by atoms with Gasteiger partial charge in [0.05, 0.1) is 0 Å². The highest BCUT2D eigenvalue weighted by atomic mass is 16.4. The van der Waals surface area contributed by atoms with Gasteiger partial charge in [-0.15, -0.1) is 0 Å². The molecule has 0 aliphatic carbocycles. The van der Waals surface area contributed by atoms with E-state index in [4.69, 9.17) is 0 Å². The van der Waals surface area contributed by atoms with Gasteiger partial charge in [0.2, 0.25) is 0 Å². The highest BCUT2D eigenvalue weighted by Gasteiger charge is 2.26. The number of nitrogens with zero attached hydrogens (tertiary/aromatic N) is 3. The first-order valence-corrected chi connectivity index (χ1v) is 6.69. The lowest BCUT2D eigenvalue weighted by molar-refractivity contribution is 0.0687. The first-order chi connectivity index (χ1) is 9.65. The van der Waals surface area contributed by atoms with Crippen molar-refractivity contribution in [2.75, 3.05) is 6.54 Å². The van der Waals surface area contributed by atoms with E-state index in [1.165, 1.54) is 5.56 Å². The Morgan fingerprint density at radius 1 is 1.35 bits per heavy atom. The molecule has 0 bridgehead atoms. The third kappa shape index (κ3) is 2.32. The van der Waals surface area contributed by atoms with Gasteiger partial charge in [0.1, 0.15) is 0 Å². The Hall–Kier alpha value is -2.14. The number of carboxylic acid groups (broad SMARTS) is 1. The van der Waals surface area contributed by atoms with Gasteiger partial charge in [-0.2, -0.15) is 5.10 Å². The highest BCUT2D eigenvalue weighted by Crippen LogP contribution is 2.23. The van der Waals surface area contributed by atoms with E-state index in [0.717, 1.165) is 30.8 Å². The predicted octanol–water partition coefficient (Wildman–Crippen LogP) is 1.68. The summed E-state index contributed by atoms with van der Waals surface area (Å²) in [5, 5.41) is 13.4. The molecule has 0 spiro atoms. The molecule has 0 saturated heterocycles. The van der Waals surface area contributed by atoms with Gasteiger partial charge in [0, 0.05) is 44.4 Å². The van der Waals surface area contributed by atoms with Gasteiger partial charge in [0.25, 0.3) is 0 Å². The van der Waals surface area contributed by atoms with E-state index in [-0.39, 0.29) is 5.69 Å². The molecule has 2 aromatic rings. The van der Waals surface area contributed by atoms with Gasteiger partial charge in [-0.25, -0.2) is 4.79 Å². The normalized spacial score (nSPS) is 15.1. The topological polar surface area (TPSA) is 58.4 Å². The molecule has 5 nitrogen and oxygen atoms in total. The lowest BCUT2D eigenvalue weighted by Gasteiger charge is -2.27. The summed E-state index contributed by atoms with van der Waals surface area (Å²) in [6, 6.07) is 10.2. The van der Waals surface area contributed by atoms with Crippen LogP contribution >= 0.6 is 0 Å². The smallest absolute Gasteiger partial charge is 0.356 e. The van der Waals surface area contributed by atoms with Crippen molar-refractivity contribution in [1.29, 1.82) is 0 Å². The van der Waals surface area contributed by atoms with Crippen LogP contribution < -0.4 is 0 Å². The SMILES string of the molecule is Cn1nc(C(=O)O)c2c1CCN(Cc1ccccc1)C2. The summed E-state index contributed by atoms with van der Waals surface area (Å²) in [6.07, 6.45) is 0.846. The van der Waals surface area contributed by atoms with Crippen LogP contribution in [0.15, 0.2) is 30.3 Å². The van der Waals surface area contributed by atoms with Gasteiger partial charge in [0.15, 0.2) is 5.69 Å². The number of hydrogen-bond acceptors (Lipinski definition) is 3. The van der Waals surface area contributed by atoms with Gasteiger partial charge < -0.3 is 5.11 Å². The number of benzene rings is 1. The molecular weight excluding hydrogens is 254 g/mol.